The van der Waals surface area contributed by atoms with Crippen molar-refractivity contribution in [3.8, 4) is 5.75 Å². The van der Waals surface area contributed by atoms with Crippen LogP contribution in [0.25, 0.3) is 0 Å². The minimum atomic E-state index is -4.47. The molecule has 0 aromatic heterocycles. The Bertz CT molecular complexity index is 382. The molecule has 0 amide bonds. The maximum absolute atomic E-state index is 12.6. The Labute approximate surface area is 98.6 Å². The minimum absolute atomic E-state index is 0.0464. The number of hydrogen-bond donors (Lipinski definition) is 1. The highest BCUT2D eigenvalue weighted by atomic mass is 19.4. The number of rotatable bonds is 2. The molecule has 5 heteroatoms. The highest BCUT2D eigenvalue weighted by molar-refractivity contribution is 5.37. The molecule has 2 nitrogen and oxygen atoms in total. The maximum atomic E-state index is 12.6. The first-order chi connectivity index (χ1) is 7.61. The molecule has 96 valence electrons. The van der Waals surface area contributed by atoms with E-state index in [1.165, 1.54) is 18.2 Å². The van der Waals surface area contributed by atoms with Crippen LogP contribution in [-0.4, -0.2) is 11.8 Å². The second-order valence-electron chi connectivity index (χ2n) is 4.77. The number of benzene rings is 1. The van der Waals surface area contributed by atoms with Crippen molar-refractivity contribution in [3.05, 3.63) is 29.8 Å². The van der Waals surface area contributed by atoms with Gasteiger partial charge < -0.3 is 10.5 Å². The molecule has 1 rings (SSSR count). The molecule has 0 bridgehead atoms. The van der Waals surface area contributed by atoms with Crippen molar-refractivity contribution in [2.45, 2.75) is 38.6 Å². The fraction of sp³-hybridized carbons (Fsp3) is 0.500. The molecule has 0 saturated heterocycles. The van der Waals surface area contributed by atoms with Crippen LogP contribution in [0.5, 0.6) is 5.75 Å². The summed E-state index contributed by atoms with van der Waals surface area (Å²) in [6.07, 6.45) is -4.47. The molecule has 17 heavy (non-hydrogen) atoms. The smallest absolute Gasteiger partial charge is 0.407 e. The van der Waals surface area contributed by atoms with E-state index in [1.54, 1.807) is 26.8 Å². The molecular formula is C12H16F3NO. The molecule has 0 radical (unpaired) electrons. The summed E-state index contributed by atoms with van der Waals surface area (Å²) < 4.78 is 43.2. The summed E-state index contributed by atoms with van der Waals surface area (Å²) in [4.78, 5) is 0. The SMILES string of the molecule is CC(C)(C)Oc1ccccc1[C@H](N)C(F)(F)F. The Balaban J connectivity index is 3.08. The lowest BCUT2D eigenvalue weighted by atomic mass is 10.1. The van der Waals surface area contributed by atoms with Gasteiger partial charge >= 0.3 is 6.18 Å². The molecule has 1 aromatic carbocycles. The Morgan fingerprint density at radius 1 is 1.12 bits per heavy atom. The Hall–Kier alpha value is -1.23. The Morgan fingerprint density at radius 3 is 2.12 bits per heavy atom. The first-order valence-electron chi connectivity index (χ1n) is 5.21. The molecule has 0 fully saturated rings. The third-order valence-electron chi connectivity index (χ3n) is 2.02. The minimum Gasteiger partial charge on any atom is -0.488 e. The third kappa shape index (κ3) is 3.93. The number of hydrogen-bond acceptors (Lipinski definition) is 2. The van der Waals surface area contributed by atoms with E-state index in [0.717, 1.165) is 0 Å². The third-order valence-corrected chi connectivity index (χ3v) is 2.02. The van der Waals surface area contributed by atoms with E-state index >= 15 is 0 Å². The summed E-state index contributed by atoms with van der Waals surface area (Å²) in [6.45, 7) is 5.30. The van der Waals surface area contributed by atoms with Crippen LogP contribution >= 0.6 is 0 Å². The van der Waals surface area contributed by atoms with Crippen LogP contribution in [0, 0.1) is 0 Å². The van der Waals surface area contributed by atoms with Crippen LogP contribution in [0.2, 0.25) is 0 Å². The van der Waals surface area contributed by atoms with Crippen LogP contribution in [0.3, 0.4) is 0 Å². The van der Waals surface area contributed by atoms with Crippen LogP contribution in [0.15, 0.2) is 24.3 Å². The van der Waals surface area contributed by atoms with Gasteiger partial charge in [-0.05, 0) is 26.8 Å². The molecular weight excluding hydrogens is 231 g/mol. The average molecular weight is 247 g/mol. The number of alkyl halides is 3. The second-order valence-corrected chi connectivity index (χ2v) is 4.77. The molecule has 0 aliphatic heterocycles. The molecule has 0 aliphatic carbocycles. The number of nitrogens with two attached hydrogens (primary N) is 1. The van der Waals surface area contributed by atoms with Crippen molar-refractivity contribution in [1.82, 2.24) is 0 Å². The zero-order valence-electron chi connectivity index (χ0n) is 10.0. The van der Waals surface area contributed by atoms with Gasteiger partial charge in [-0.15, -0.1) is 0 Å². The van der Waals surface area contributed by atoms with Gasteiger partial charge in [-0.25, -0.2) is 0 Å². The van der Waals surface area contributed by atoms with Crippen LogP contribution in [0.1, 0.15) is 32.4 Å². The van der Waals surface area contributed by atoms with Crippen molar-refractivity contribution < 1.29 is 17.9 Å². The van der Waals surface area contributed by atoms with E-state index < -0.39 is 17.8 Å². The second kappa shape index (κ2) is 4.56. The number of halogens is 3. The van der Waals surface area contributed by atoms with Gasteiger partial charge in [0.05, 0.1) is 0 Å². The monoisotopic (exact) mass is 247 g/mol. The molecule has 0 heterocycles. The average Bonchev–Trinajstić information content (AvgIpc) is 2.13. The molecule has 0 unspecified atom stereocenters. The fourth-order valence-electron chi connectivity index (χ4n) is 1.34. The van der Waals surface area contributed by atoms with Gasteiger partial charge in [0.25, 0.3) is 0 Å². The lowest BCUT2D eigenvalue weighted by molar-refractivity contribution is -0.149. The van der Waals surface area contributed by atoms with Gasteiger partial charge in [-0.3, -0.25) is 0 Å². The van der Waals surface area contributed by atoms with E-state index in [9.17, 15) is 13.2 Å². The predicted octanol–water partition coefficient (Wildman–Crippen LogP) is 3.43. The molecule has 2 N–H and O–H groups in total. The van der Waals surface area contributed by atoms with Crippen LogP contribution in [-0.2, 0) is 0 Å². The molecule has 0 saturated carbocycles. The first-order valence-corrected chi connectivity index (χ1v) is 5.21. The van der Waals surface area contributed by atoms with Crippen molar-refractivity contribution in [3.63, 3.8) is 0 Å². The fourth-order valence-corrected chi connectivity index (χ4v) is 1.34. The highest BCUT2D eigenvalue weighted by Gasteiger charge is 2.39. The lowest BCUT2D eigenvalue weighted by Crippen LogP contribution is -2.30. The summed E-state index contributed by atoms with van der Waals surface area (Å²) >= 11 is 0. The number of para-hydroxylation sites is 1. The zero-order valence-corrected chi connectivity index (χ0v) is 10.0. The van der Waals surface area contributed by atoms with Crippen molar-refractivity contribution in [1.29, 1.82) is 0 Å². The molecule has 1 aromatic rings. The van der Waals surface area contributed by atoms with Gasteiger partial charge in [0.1, 0.15) is 17.4 Å². The molecule has 1 atom stereocenters. The van der Waals surface area contributed by atoms with Crippen molar-refractivity contribution in [2.75, 3.05) is 0 Å². The largest absolute Gasteiger partial charge is 0.488 e. The van der Waals surface area contributed by atoms with Crippen molar-refractivity contribution >= 4 is 0 Å². The standard InChI is InChI=1S/C12H16F3NO/c1-11(2,3)17-9-7-5-4-6-8(9)10(16)12(13,14)15/h4-7,10H,16H2,1-3H3/t10-/m0/s1. The van der Waals surface area contributed by atoms with Crippen molar-refractivity contribution in [2.24, 2.45) is 5.73 Å². The van der Waals surface area contributed by atoms with Gasteiger partial charge in [0.15, 0.2) is 0 Å². The Morgan fingerprint density at radius 2 is 1.65 bits per heavy atom. The van der Waals surface area contributed by atoms with Gasteiger partial charge in [-0.2, -0.15) is 13.2 Å². The Kier molecular flexibility index (Phi) is 3.71. The van der Waals surface area contributed by atoms with E-state index in [4.69, 9.17) is 10.5 Å². The lowest BCUT2D eigenvalue weighted by Gasteiger charge is -2.25. The topological polar surface area (TPSA) is 35.2 Å². The molecule has 0 spiro atoms. The summed E-state index contributed by atoms with van der Waals surface area (Å²) in [5, 5.41) is 0. The zero-order chi connectivity index (χ0) is 13.3. The van der Waals surface area contributed by atoms with E-state index in [0.29, 0.717) is 0 Å². The van der Waals surface area contributed by atoms with Gasteiger partial charge in [0.2, 0.25) is 0 Å². The highest BCUT2D eigenvalue weighted by Crippen LogP contribution is 2.36. The van der Waals surface area contributed by atoms with E-state index in [1.807, 2.05) is 0 Å². The first kappa shape index (κ1) is 13.8. The van der Waals surface area contributed by atoms with Gasteiger partial charge in [-0.1, -0.05) is 18.2 Å². The summed E-state index contributed by atoms with van der Waals surface area (Å²) in [7, 11) is 0. The van der Waals surface area contributed by atoms with Crippen LogP contribution < -0.4 is 10.5 Å². The van der Waals surface area contributed by atoms with E-state index in [2.05, 4.69) is 0 Å². The summed E-state index contributed by atoms with van der Waals surface area (Å²) in [5.74, 6) is 0.171. The summed E-state index contributed by atoms with van der Waals surface area (Å²) in [5.41, 5.74) is 4.57. The predicted molar refractivity (Wildman–Crippen MR) is 59.8 cm³/mol. The van der Waals surface area contributed by atoms with E-state index in [-0.39, 0.29) is 11.3 Å². The quantitative estimate of drug-likeness (QED) is 0.869. The van der Waals surface area contributed by atoms with Crippen LogP contribution in [0.4, 0.5) is 13.2 Å². The molecule has 0 aliphatic rings. The normalized spacial score (nSPS) is 14.5. The summed E-state index contributed by atoms with van der Waals surface area (Å²) in [6, 6.07) is 3.93. The number of ether oxygens (including phenoxy) is 1. The van der Waals surface area contributed by atoms with Gasteiger partial charge in [0, 0.05) is 5.56 Å². The maximum Gasteiger partial charge on any atom is 0.407 e.